The predicted molar refractivity (Wildman–Crippen MR) is 73.1 cm³/mol. The standard InChI is InChI=1S/C14H17N3O2/c1-9-7-15-10(2)17-14(9)16-8-13(19)11-3-5-12(18)6-4-11/h3-7,13,18-19H,8H2,1-2H3,(H,15,16,17). The molecule has 0 saturated heterocycles. The lowest BCUT2D eigenvalue weighted by atomic mass is 10.1. The monoisotopic (exact) mass is 259 g/mol. The molecule has 2 rings (SSSR count). The first-order valence-electron chi connectivity index (χ1n) is 6.07. The number of hydrogen-bond acceptors (Lipinski definition) is 5. The van der Waals surface area contributed by atoms with Gasteiger partial charge in [-0.15, -0.1) is 0 Å². The minimum Gasteiger partial charge on any atom is -0.508 e. The number of nitrogens with zero attached hydrogens (tertiary/aromatic N) is 2. The van der Waals surface area contributed by atoms with E-state index in [2.05, 4.69) is 15.3 Å². The Balaban J connectivity index is 2.02. The van der Waals surface area contributed by atoms with Gasteiger partial charge >= 0.3 is 0 Å². The molecule has 5 heteroatoms. The van der Waals surface area contributed by atoms with Gasteiger partial charge in [-0.3, -0.25) is 0 Å². The Morgan fingerprint density at radius 1 is 1.21 bits per heavy atom. The van der Waals surface area contributed by atoms with E-state index in [0.717, 1.165) is 16.9 Å². The maximum atomic E-state index is 10.0. The van der Waals surface area contributed by atoms with E-state index in [1.54, 1.807) is 30.5 Å². The molecule has 0 aliphatic rings. The molecule has 0 aliphatic heterocycles. The molecule has 0 spiro atoms. The molecule has 2 aromatic rings. The molecule has 1 heterocycles. The first-order chi connectivity index (χ1) is 9.06. The Labute approximate surface area is 112 Å². The van der Waals surface area contributed by atoms with Gasteiger partial charge in [0.25, 0.3) is 0 Å². The first kappa shape index (κ1) is 13.3. The summed E-state index contributed by atoms with van der Waals surface area (Å²) in [6.45, 7) is 4.08. The van der Waals surface area contributed by atoms with E-state index >= 15 is 0 Å². The van der Waals surface area contributed by atoms with Gasteiger partial charge in [0.1, 0.15) is 17.4 Å². The summed E-state index contributed by atoms with van der Waals surface area (Å²) < 4.78 is 0. The van der Waals surface area contributed by atoms with E-state index in [4.69, 9.17) is 0 Å². The zero-order valence-corrected chi connectivity index (χ0v) is 11.0. The van der Waals surface area contributed by atoms with E-state index in [1.807, 2.05) is 13.8 Å². The van der Waals surface area contributed by atoms with Crippen LogP contribution in [-0.2, 0) is 0 Å². The second kappa shape index (κ2) is 5.67. The van der Waals surface area contributed by atoms with Crippen molar-refractivity contribution in [3.63, 3.8) is 0 Å². The van der Waals surface area contributed by atoms with Crippen molar-refractivity contribution in [2.45, 2.75) is 20.0 Å². The topological polar surface area (TPSA) is 78.3 Å². The summed E-state index contributed by atoms with van der Waals surface area (Å²) in [6.07, 6.45) is 1.09. The number of aliphatic hydroxyl groups excluding tert-OH is 1. The van der Waals surface area contributed by atoms with Crippen molar-refractivity contribution in [1.82, 2.24) is 9.97 Å². The van der Waals surface area contributed by atoms with Gasteiger partial charge in [-0.1, -0.05) is 12.1 Å². The largest absolute Gasteiger partial charge is 0.508 e. The van der Waals surface area contributed by atoms with Crippen molar-refractivity contribution in [3.8, 4) is 5.75 Å². The number of aromatic hydroxyl groups is 1. The molecular weight excluding hydrogens is 242 g/mol. The van der Waals surface area contributed by atoms with Crippen LogP contribution in [0.1, 0.15) is 23.1 Å². The van der Waals surface area contributed by atoms with E-state index in [0.29, 0.717) is 12.4 Å². The number of hydrogen-bond donors (Lipinski definition) is 3. The number of phenolic OH excluding ortho intramolecular Hbond substituents is 1. The van der Waals surface area contributed by atoms with Gasteiger partial charge in [-0.25, -0.2) is 9.97 Å². The average molecular weight is 259 g/mol. The highest BCUT2D eigenvalue weighted by Gasteiger charge is 2.09. The fourth-order valence-electron chi connectivity index (χ4n) is 1.72. The zero-order valence-electron chi connectivity index (χ0n) is 11.0. The average Bonchev–Trinajstić information content (AvgIpc) is 2.40. The lowest BCUT2D eigenvalue weighted by Crippen LogP contribution is -2.14. The number of rotatable bonds is 4. The van der Waals surface area contributed by atoms with Gasteiger partial charge in [-0.2, -0.15) is 0 Å². The van der Waals surface area contributed by atoms with Crippen molar-refractivity contribution < 1.29 is 10.2 Å². The van der Waals surface area contributed by atoms with Crippen LogP contribution in [0.2, 0.25) is 0 Å². The molecule has 1 atom stereocenters. The van der Waals surface area contributed by atoms with Crippen LogP contribution < -0.4 is 5.32 Å². The molecule has 0 aliphatic carbocycles. The van der Waals surface area contributed by atoms with Crippen LogP contribution in [0, 0.1) is 13.8 Å². The predicted octanol–water partition coefficient (Wildman–Crippen LogP) is 1.94. The maximum absolute atomic E-state index is 10.0. The van der Waals surface area contributed by atoms with Crippen molar-refractivity contribution in [2.24, 2.45) is 0 Å². The molecule has 0 amide bonds. The van der Waals surface area contributed by atoms with Gasteiger partial charge < -0.3 is 15.5 Å². The molecule has 0 saturated carbocycles. The highest BCUT2D eigenvalue weighted by molar-refractivity contribution is 5.42. The van der Waals surface area contributed by atoms with Gasteiger partial charge in [0.05, 0.1) is 6.10 Å². The molecule has 1 aromatic heterocycles. The SMILES string of the molecule is Cc1ncc(C)c(NCC(O)c2ccc(O)cc2)n1. The van der Waals surface area contributed by atoms with Gasteiger partial charge in [0, 0.05) is 18.3 Å². The number of aliphatic hydroxyl groups is 1. The maximum Gasteiger partial charge on any atom is 0.132 e. The smallest absolute Gasteiger partial charge is 0.132 e. The van der Waals surface area contributed by atoms with Crippen LogP contribution in [0.3, 0.4) is 0 Å². The number of aryl methyl sites for hydroxylation is 2. The Hall–Kier alpha value is -2.14. The van der Waals surface area contributed by atoms with E-state index < -0.39 is 6.10 Å². The third kappa shape index (κ3) is 3.42. The van der Waals surface area contributed by atoms with E-state index in [9.17, 15) is 10.2 Å². The van der Waals surface area contributed by atoms with Crippen LogP contribution in [0.4, 0.5) is 5.82 Å². The summed E-state index contributed by atoms with van der Waals surface area (Å²) in [7, 11) is 0. The van der Waals surface area contributed by atoms with Crippen molar-refractivity contribution in [3.05, 3.63) is 47.4 Å². The number of anilines is 1. The van der Waals surface area contributed by atoms with Crippen LogP contribution in [0.15, 0.2) is 30.5 Å². The quantitative estimate of drug-likeness (QED) is 0.782. The van der Waals surface area contributed by atoms with Crippen molar-refractivity contribution >= 4 is 5.82 Å². The zero-order chi connectivity index (χ0) is 13.8. The van der Waals surface area contributed by atoms with Crippen LogP contribution in [0.5, 0.6) is 5.75 Å². The summed E-state index contributed by atoms with van der Waals surface area (Å²) in [4.78, 5) is 8.37. The molecular formula is C14H17N3O2. The summed E-state index contributed by atoms with van der Waals surface area (Å²) in [5.41, 5.74) is 1.68. The normalized spacial score (nSPS) is 12.2. The highest BCUT2D eigenvalue weighted by atomic mass is 16.3. The molecule has 3 N–H and O–H groups in total. The van der Waals surface area contributed by atoms with E-state index in [1.165, 1.54) is 0 Å². The van der Waals surface area contributed by atoms with Crippen LogP contribution >= 0.6 is 0 Å². The lowest BCUT2D eigenvalue weighted by Gasteiger charge is -2.14. The number of benzene rings is 1. The van der Waals surface area contributed by atoms with Crippen molar-refractivity contribution in [2.75, 3.05) is 11.9 Å². The minimum absolute atomic E-state index is 0.186. The molecule has 19 heavy (non-hydrogen) atoms. The van der Waals surface area contributed by atoms with Crippen LogP contribution in [0.25, 0.3) is 0 Å². The molecule has 5 nitrogen and oxygen atoms in total. The Bertz CT molecular complexity index is 555. The van der Waals surface area contributed by atoms with Gasteiger partial charge in [0.15, 0.2) is 0 Å². The molecule has 0 radical (unpaired) electrons. The molecule has 1 aromatic carbocycles. The summed E-state index contributed by atoms with van der Waals surface area (Å²) >= 11 is 0. The Morgan fingerprint density at radius 3 is 2.58 bits per heavy atom. The molecule has 0 fully saturated rings. The third-order valence-electron chi connectivity index (χ3n) is 2.83. The van der Waals surface area contributed by atoms with Crippen molar-refractivity contribution in [1.29, 1.82) is 0 Å². The lowest BCUT2D eigenvalue weighted by molar-refractivity contribution is 0.191. The minimum atomic E-state index is -0.657. The summed E-state index contributed by atoms with van der Waals surface area (Å²) in [5.74, 6) is 1.60. The fourth-order valence-corrected chi connectivity index (χ4v) is 1.72. The van der Waals surface area contributed by atoms with Gasteiger partial charge in [-0.05, 0) is 31.5 Å². The van der Waals surface area contributed by atoms with E-state index in [-0.39, 0.29) is 5.75 Å². The van der Waals surface area contributed by atoms with Gasteiger partial charge in [0.2, 0.25) is 0 Å². The molecule has 0 bridgehead atoms. The fraction of sp³-hybridized carbons (Fsp3) is 0.286. The highest BCUT2D eigenvalue weighted by Crippen LogP contribution is 2.18. The first-order valence-corrected chi connectivity index (χ1v) is 6.07. The summed E-state index contributed by atoms with van der Waals surface area (Å²) in [6, 6.07) is 6.50. The Morgan fingerprint density at radius 2 is 1.89 bits per heavy atom. The third-order valence-corrected chi connectivity index (χ3v) is 2.83. The summed E-state index contributed by atoms with van der Waals surface area (Å²) in [5, 5.41) is 22.3. The second-order valence-corrected chi connectivity index (χ2v) is 4.44. The number of nitrogens with one attached hydrogen (secondary N) is 1. The second-order valence-electron chi connectivity index (χ2n) is 4.44. The number of aromatic nitrogens is 2. The molecule has 100 valence electrons. The Kier molecular flexibility index (Phi) is 3.97. The van der Waals surface area contributed by atoms with Crippen LogP contribution in [-0.4, -0.2) is 26.7 Å². The number of phenols is 1. The molecule has 1 unspecified atom stereocenters.